The fourth-order valence-electron chi connectivity index (χ4n) is 3.01. The average molecular weight is 449 g/mol. The highest BCUT2D eigenvalue weighted by molar-refractivity contribution is 8.00. The van der Waals surface area contributed by atoms with E-state index in [1.807, 2.05) is 61.5 Å². The number of thioether (sulfide) groups is 1. The van der Waals surface area contributed by atoms with E-state index in [0.29, 0.717) is 16.7 Å². The number of aromatic amines is 1. The summed E-state index contributed by atoms with van der Waals surface area (Å²) in [5, 5.41) is 9.76. The Morgan fingerprint density at radius 2 is 1.78 bits per heavy atom. The number of carbonyl (C=O) groups is 1. The standard InChI is InChI=1S/C24H21FN4O2S/c1-16-7-5-6-10-20(16)31-15-21-27-24(29-28-21)32-22(17-8-3-2-4-9-17)23(30)26-19-13-11-18(25)12-14-19/h2-14,22H,15H2,1H3,(H,26,30)(H,27,28,29)/t22-/m1/s1. The second-order valence-corrected chi connectivity index (χ2v) is 8.10. The van der Waals surface area contributed by atoms with Gasteiger partial charge in [-0.1, -0.05) is 60.3 Å². The molecule has 0 aliphatic heterocycles. The first-order chi connectivity index (χ1) is 15.6. The van der Waals surface area contributed by atoms with Gasteiger partial charge in [-0.3, -0.25) is 9.89 Å². The highest BCUT2D eigenvalue weighted by Gasteiger charge is 2.24. The minimum atomic E-state index is -0.595. The molecule has 0 unspecified atom stereocenters. The topological polar surface area (TPSA) is 79.9 Å². The summed E-state index contributed by atoms with van der Waals surface area (Å²) in [5.41, 5.74) is 2.35. The van der Waals surface area contributed by atoms with Gasteiger partial charge in [-0.15, -0.1) is 5.10 Å². The molecule has 4 rings (SSSR count). The number of anilines is 1. The Bertz CT molecular complexity index is 1180. The summed E-state index contributed by atoms with van der Waals surface area (Å²) >= 11 is 1.22. The van der Waals surface area contributed by atoms with E-state index in [1.54, 1.807) is 0 Å². The molecule has 3 aromatic carbocycles. The highest BCUT2D eigenvalue weighted by atomic mass is 32.2. The lowest BCUT2D eigenvalue weighted by Gasteiger charge is -2.15. The van der Waals surface area contributed by atoms with Crippen LogP contribution in [-0.4, -0.2) is 21.1 Å². The maximum absolute atomic E-state index is 13.2. The largest absolute Gasteiger partial charge is 0.485 e. The van der Waals surface area contributed by atoms with Crippen molar-refractivity contribution in [2.24, 2.45) is 0 Å². The zero-order valence-corrected chi connectivity index (χ0v) is 18.1. The van der Waals surface area contributed by atoms with Crippen LogP contribution in [0.15, 0.2) is 84.0 Å². The second kappa shape index (κ2) is 10.1. The third kappa shape index (κ3) is 5.53. The Kier molecular flexibility index (Phi) is 6.81. The summed E-state index contributed by atoms with van der Waals surface area (Å²) in [6.07, 6.45) is 0. The lowest BCUT2D eigenvalue weighted by molar-refractivity contribution is -0.115. The van der Waals surface area contributed by atoms with E-state index < -0.39 is 5.25 Å². The van der Waals surface area contributed by atoms with Crippen LogP contribution < -0.4 is 10.1 Å². The van der Waals surface area contributed by atoms with E-state index >= 15 is 0 Å². The number of rotatable bonds is 8. The van der Waals surface area contributed by atoms with E-state index in [-0.39, 0.29) is 18.3 Å². The van der Waals surface area contributed by atoms with Crippen molar-refractivity contribution in [2.45, 2.75) is 23.9 Å². The third-order valence-electron chi connectivity index (χ3n) is 4.64. The van der Waals surface area contributed by atoms with Crippen molar-refractivity contribution in [3.05, 3.63) is 102 Å². The molecular weight excluding hydrogens is 427 g/mol. The number of amides is 1. The number of aromatic nitrogens is 3. The first-order valence-corrected chi connectivity index (χ1v) is 10.8. The molecule has 6 nitrogen and oxygen atoms in total. The molecule has 2 N–H and O–H groups in total. The zero-order chi connectivity index (χ0) is 22.3. The molecule has 32 heavy (non-hydrogen) atoms. The first-order valence-electron chi connectivity index (χ1n) is 9.96. The summed E-state index contributed by atoms with van der Waals surface area (Å²) in [5.74, 6) is 0.717. The Morgan fingerprint density at radius 1 is 1.06 bits per heavy atom. The zero-order valence-electron chi connectivity index (χ0n) is 17.3. The Balaban J connectivity index is 1.47. The number of halogens is 1. The highest BCUT2D eigenvalue weighted by Crippen LogP contribution is 2.34. The van der Waals surface area contributed by atoms with Gasteiger partial charge in [-0.25, -0.2) is 9.37 Å². The number of aryl methyl sites for hydroxylation is 1. The van der Waals surface area contributed by atoms with Gasteiger partial charge in [0.25, 0.3) is 0 Å². The van der Waals surface area contributed by atoms with Gasteiger partial charge in [-0.05, 0) is 48.4 Å². The third-order valence-corrected chi connectivity index (χ3v) is 5.76. The molecule has 4 aromatic rings. The maximum Gasteiger partial charge on any atom is 0.242 e. The van der Waals surface area contributed by atoms with Crippen molar-refractivity contribution >= 4 is 23.4 Å². The second-order valence-electron chi connectivity index (χ2n) is 7.02. The van der Waals surface area contributed by atoms with Gasteiger partial charge in [-0.2, -0.15) is 0 Å². The number of benzene rings is 3. The molecule has 1 atom stereocenters. The minimum absolute atomic E-state index is 0.232. The number of hydrogen-bond donors (Lipinski definition) is 2. The maximum atomic E-state index is 13.2. The summed E-state index contributed by atoms with van der Waals surface area (Å²) in [6.45, 7) is 2.21. The van der Waals surface area contributed by atoms with Gasteiger partial charge >= 0.3 is 0 Å². The molecule has 1 amide bonds. The number of H-pyrrole nitrogens is 1. The fourth-order valence-corrected chi connectivity index (χ4v) is 3.94. The normalized spacial score (nSPS) is 11.7. The summed E-state index contributed by atoms with van der Waals surface area (Å²) in [4.78, 5) is 17.5. The average Bonchev–Trinajstić information content (AvgIpc) is 3.26. The van der Waals surface area contributed by atoms with Crippen molar-refractivity contribution in [1.29, 1.82) is 0 Å². The Morgan fingerprint density at radius 3 is 2.53 bits per heavy atom. The van der Waals surface area contributed by atoms with E-state index in [1.165, 1.54) is 36.0 Å². The quantitative estimate of drug-likeness (QED) is 0.358. The van der Waals surface area contributed by atoms with Gasteiger partial charge in [0, 0.05) is 5.69 Å². The van der Waals surface area contributed by atoms with Crippen LogP contribution in [0.25, 0.3) is 0 Å². The van der Waals surface area contributed by atoms with Crippen molar-refractivity contribution in [3.63, 3.8) is 0 Å². The number of carbonyl (C=O) groups excluding carboxylic acids is 1. The summed E-state index contributed by atoms with van der Waals surface area (Å²) < 4.78 is 19.0. The predicted molar refractivity (Wildman–Crippen MR) is 122 cm³/mol. The molecule has 0 saturated heterocycles. The van der Waals surface area contributed by atoms with Crippen molar-refractivity contribution < 1.29 is 13.9 Å². The molecule has 0 radical (unpaired) electrons. The molecule has 0 aliphatic carbocycles. The van der Waals surface area contributed by atoms with Gasteiger partial charge in [0.2, 0.25) is 11.1 Å². The van der Waals surface area contributed by atoms with Gasteiger partial charge in [0.05, 0.1) is 0 Å². The van der Waals surface area contributed by atoms with E-state index in [2.05, 4.69) is 20.5 Å². The fraction of sp³-hybridized carbons (Fsp3) is 0.125. The van der Waals surface area contributed by atoms with Crippen LogP contribution in [0, 0.1) is 12.7 Å². The lowest BCUT2D eigenvalue weighted by Crippen LogP contribution is -2.19. The van der Waals surface area contributed by atoms with Crippen LogP contribution in [-0.2, 0) is 11.4 Å². The van der Waals surface area contributed by atoms with Crippen LogP contribution >= 0.6 is 11.8 Å². The van der Waals surface area contributed by atoms with E-state index in [9.17, 15) is 9.18 Å². The van der Waals surface area contributed by atoms with Crippen molar-refractivity contribution in [1.82, 2.24) is 15.2 Å². The molecule has 0 bridgehead atoms. The molecule has 162 valence electrons. The lowest BCUT2D eigenvalue weighted by atomic mass is 10.1. The smallest absolute Gasteiger partial charge is 0.242 e. The Labute approximate surface area is 189 Å². The van der Waals surface area contributed by atoms with Gasteiger partial charge in [0.15, 0.2) is 5.82 Å². The summed E-state index contributed by atoms with van der Waals surface area (Å²) in [6, 6.07) is 22.7. The van der Waals surface area contributed by atoms with Crippen LogP contribution in [0.5, 0.6) is 5.75 Å². The van der Waals surface area contributed by atoms with Gasteiger partial charge < -0.3 is 10.1 Å². The number of hydrogen-bond acceptors (Lipinski definition) is 5. The van der Waals surface area contributed by atoms with E-state index in [4.69, 9.17) is 4.74 Å². The van der Waals surface area contributed by atoms with Crippen LogP contribution in [0.4, 0.5) is 10.1 Å². The molecule has 0 saturated carbocycles. The van der Waals surface area contributed by atoms with Crippen LogP contribution in [0.3, 0.4) is 0 Å². The van der Waals surface area contributed by atoms with Crippen molar-refractivity contribution in [2.75, 3.05) is 5.32 Å². The monoisotopic (exact) mass is 448 g/mol. The van der Waals surface area contributed by atoms with Crippen molar-refractivity contribution in [3.8, 4) is 5.75 Å². The number of ether oxygens (including phenoxy) is 1. The molecule has 8 heteroatoms. The number of nitrogens with one attached hydrogen (secondary N) is 2. The number of para-hydroxylation sites is 1. The van der Waals surface area contributed by atoms with Crippen LogP contribution in [0.1, 0.15) is 22.2 Å². The molecular formula is C24H21FN4O2S. The molecule has 0 spiro atoms. The predicted octanol–water partition coefficient (Wildman–Crippen LogP) is 5.30. The molecule has 0 aliphatic rings. The minimum Gasteiger partial charge on any atom is -0.485 e. The van der Waals surface area contributed by atoms with E-state index in [0.717, 1.165) is 16.9 Å². The molecule has 0 fully saturated rings. The SMILES string of the molecule is Cc1ccccc1OCc1nc(S[C@@H](C(=O)Nc2ccc(F)cc2)c2ccccc2)n[nH]1. The van der Waals surface area contributed by atoms with Crippen LogP contribution in [0.2, 0.25) is 0 Å². The molecule has 1 heterocycles. The first kappa shape index (κ1) is 21.6. The van der Waals surface area contributed by atoms with Gasteiger partial charge in [0.1, 0.15) is 23.4 Å². The molecule has 1 aromatic heterocycles. The summed E-state index contributed by atoms with van der Waals surface area (Å²) in [7, 11) is 0. The Hall–Kier alpha value is -3.65. The number of nitrogens with zero attached hydrogens (tertiary/aromatic N) is 2.